The lowest BCUT2D eigenvalue weighted by atomic mass is 10.1. The Morgan fingerprint density at radius 1 is 1.07 bits per heavy atom. The van der Waals surface area contributed by atoms with Gasteiger partial charge in [-0.3, -0.25) is 0 Å². The molecule has 15 heavy (non-hydrogen) atoms. The van der Waals surface area contributed by atoms with Crippen LogP contribution in [0.15, 0.2) is 0 Å². The molecule has 0 aliphatic carbocycles. The van der Waals surface area contributed by atoms with Crippen molar-refractivity contribution < 1.29 is 4.74 Å². The molecular weight excluding hydrogens is 186 g/mol. The molecule has 0 amide bonds. The topological polar surface area (TPSA) is 21.3 Å². The van der Waals surface area contributed by atoms with Gasteiger partial charge in [0.05, 0.1) is 6.61 Å². The van der Waals surface area contributed by atoms with E-state index in [0.29, 0.717) is 5.92 Å². The van der Waals surface area contributed by atoms with Crippen LogP contribution < -0.4 is 5.32 Å². The minimum atomic E-state index is 0.714. The average molecular weight is 215 g/mol. The highest BCUT2D eigenvalue weighted by Crippen LogP contribution is 2.04. The molecule has 0 aliphatic heterocycles. The van der Waals surface area contributed by atoms with Crippen LogP contribution in [-0.4, -0.2) is 26.3 Å². The van der Waals surface area contributed by atoms with E-state index in [2.05, 4.69) is 33.0 Å². The van der Waals surface area contributed by atoms with Gasteiger partial charge < -0.3 is 10.1 Å². The van der Waals surface area contributed by atoms with Crippen LogP contribution in [0.5, 0.6) is 0 Å². The van der Waals surface area contributed by atoms with Crippen molar-refractivity contribution in [2.75, 3.05) is 26.3 Å². The summed E-state index contributed by atoms with van der Waals surface area (Å²) in [6.07, 6.45) is 3.80. The maximum Gasteiger partial charge on any atom is 0.0591 e. The van der Waals surface area contributed by atoms with Gasteiger partial charge in [-0.15, -0.1) is 0 Å². The molecule has 0 aromatic rings. The van der Waals surface area contributed by atoms with Crippen LogP contribution >= 0.6 is 0 Å². The third kappa shape index (κ3) is 11.8. The maximum absolute atomic E-state index is 5.59. The first-order chi connectivity index (χ1) is 7.16. The van der Waals surface area contributed by atoms with Gasteiger partial charge >= 0.3 is 0 Å². The molecule has 1 atom stereocenters. The molecule has 0 aromatic carbocycles. The fourth-order valence-electron chi connectivity index (χ4n) is 1.52. The lowest BCUT2D eigenvalue weighted by molar-refractivity contribution is 0.103. The van der Waals surface area contributed by atoms with E-state index in [1.165, 1.54) is 19.3 Å². The molecule has 0 rings (SSSR count). The summed E-state index contributed by atoms with van der Waals surface area (Å²) in [7, 11) is 0. The zero-order chi connectivity index (χ0) is 11.5. The highest BCUT2D eigenvalue weighted by molar-refractivity contribution is 4.52. The third-order valence-electron chi connectivity index (χ3n) is 2.51. The van der Waals surface area contributed by atoms with Crippen LogP contribution in [0.1, 0.15) is 47.0 Å². The Hall–Kier alpha value is -0.0800. The summed E-state index contributed by atoms with van der Waals surface area (Å²) in [5.41, 5.74) is 0. The number of hydrogen-bond acceptors (Lipinski definition) is 2. The molecule has 2 nitrogen and oxygen atoms in total. The summed E-state index contributed by atoms with van der Waals surface area (Å²) < 4.78 is 5.59. The van der Waals surface area contributed by atoms with Gasteiger partial charge in [0, 0.05) is 13.2 Å². The second kappa shape index (κ2) is 10.4. The van der Waals surface area contributed by atoms with Crippen molar-refractivity contribution in [3.8, 4) is 0 Å². The Morgan fingerprint density at radius 3 is 2.40 bits per heavy atom. The van der Waals surface area contributed by atoms with Gasteiger partial charge in [-0.05, 0) is 31.2 Å². The van der Waals surface area contributed by atoms with Crippen LogP contribution in [0.4, 0.5) is 0 Å². The van der Waals surface area contributed by atoms with Crippen molar-refractivity contribution in [2.24, 2.45) is 11.8 Å². The van der Waals surface area contributed by atoms with Crippen LogP contribution in [0.2, 0.25) is 0 Å². The van der Waals surface area contributed by atoms with Gasteiger partial charge in [0.2, 0.25) is 0 Å². The van der Waals surface area contributed by atoms with Crippen molar-refractivity contribution in [2.45, 2.75) is 47.0 Å². The lowest BCUT2D eigenvalue weighted by Crippen LogP contribution is -2.22. The molecule has 0 spiro atoms. The quantitative estimate of drug-likeness (QED) is 0.565. The molecule has 2 heteroatoms. The van der Waals surface area contributed by atoms with E-state index < -0.39 is 0 Å². The van der Waals surface area contributed by atoms with E-state index >= 15 is 0 Å². The normalized spacial score (nSPS) is 13.4. The van der Waals surface area contributed by atoms with E-state index in [1.54, 1.807) is 0 Å². The second-order valence-electron chi connectivity index (χ2n) is 4.90. The predicted molar refractivity (Wildman–Crippen MR) is 67.2 cm³/mol. The number of ether oxygens (including phenoxy) is 1. The molecular formula is C13H29NO. The van der Waals surface area contributed by atoms with Crippen molar-refractivity contribution in [1.29, 1.82) is 0 Å². The SMILES string of the molecule is CCCC(C)COCCNCCC(C)C. The molecule has 0 heterocycles. The Bertz CT molecular complexity index is 126. The molecule has 1 N–H and O–H groups in total. The van der Waals surface area contributed by atoms with Gasteiger partial charge in [-0.1, -0.05) is 34.1 Å². The average Bonchev–Trinajstić information content (AvgIpc) is 2.16. The van der Waals surface area contributed by atoms with Gasteiger partial charge in [0.1, 0.15) is 0 Å². The molecule has 0 radical (unpaired) electrons. The summed E-state index contributed by atoms with van der Waals surface area (Å²) in [6, 6.07) is 0. The molecule has 0 aliphatic rings. The van der Waals surface area contributed by atoms with E-state index in [-0.39, 0.29) is 0 Å². The number of rotatable bonds is 10. The molecule has 0 aromatic heterocycles. The molecule has 0 saturated carbocycles. The molecule has 92 valence electrons. The maximum atomic E-state index is 5.59. The van der Waals surface area contributed by atoms with Crippen LogP contribution in [0, 0.1) is 11.8 Å². The van der Waals surface area contributed by atoms with Gasteiger partial charge in [0.25, 0.3) is 0 Å². The molecule has 0 saturated heterocycles. The van der Waals surface area contributed by atoms with Gasteiger partial charge in [-0.25, -0.2) is 0 Å². The zero-order valence-corrected chi connectivity index (χ0v) is 11.0. The third-order valence-corrected chi connectivity index (χ3v) is 2.51. The molecule has 0 fully saturated rings. The summed E-state index contributed by atoms with van der Waals surface area (Å²) in [4.78, 5) is 0. The smallest absolute Gasteiger partial charge is 0.0591 e. The van der Waals surface area contributed by atoms with E-state index in [1.807, 2.05) is 0 Å². The molecule has 0 bridgehead atoms. The first-order valence-corrected chi connectivity index (χ1v) is 6.45. The monoisotopic (exact) mass is 215 g/mol. The number of hydrogen-bond donors (Lipinski definition) is 1. The van der Waals surface area contributed by atoms with E-state index in [9.17, 15) is 0 Å². The fraction of sp³-hybridized carbons (Fsp3) is 1.00. The largest absolute Gasteiger partial charge is 0.380 e. The van der Waals surface area contributed by atoms with Crippen molar-refractivity contribution in [3.63, 3.8) is 0 Å². The molecule has 1 unspecified atom stereocenters. The van der Waals surface area contributed by atoms with Crippen molar-refractivity contribution in [3.05, 3.63) is 0 Å². The van der Waals surface area contributed by atoms with Crippen LogP contribution in [-0.2, 0) is 4.74 Å². The fourth-order valence-corrected chi connectivity index (χ4v) is 1.52. The Kier molecular flexibility index (Phi) is 10.4. The summed E-state index contributed by atoms with van der Waals surface area (Å²) in [5, 5.41) is 3.40. The van der Waals surface area contributed by atoms with Crippen molar-refractivity contribution in [1.82, 2.24) is 5.32 Å². The Labute approximate surface area is 95.8 Å². The summed E-state index contributed by atoms with van der Waals surface area (Å²) in [6.45, 7) is 12.9. The summed E-state index contributed by atoms with van der Waals surface area (Å²) >= 11 is 0. The predicted octanol–water partition coefficient (Wildman–Crippen LogP) is 3.07. The standard InChI is InChI=1S/C13H29NO/c1-5-6-13(4)11-15-10-9-14-8-7-12(2)3/h12-14H,5-11H2,1-4H3. The van der Waals surface area contributed by atoms with E-state index in [0.717, 1.165) is 32.2 Å². The lowest BCUT2D eigenvalue weighted by Gasteiger charge is -2.11. The highest BCUT2D eigenvalue weighted by Gasteiger charge is 1.99. The Morgan fingerprint density at radius 2 is 1.80 bits per heavy atom. The first kappa shape index (κ1) is 14.9. The first-order valence-electron chi connectivity index (χ1n) is 6.45. The summed E-state index contributed by atoms with van der Waals surface area (Å²) in [5.74, 6) is 1.51. The minimum absolute atomic E-state index is 0.714. The minimum Gasteiger partial charge on any atom is -0.380 e. The van der Waals surface area contributed by atoms with Gasteiger partial charge in [-0.2, -0.15) is 0 Å². The highest BCUT2D eigenvalue weighted by atomic mass is 16.5. The Balaban J connectivity index is 3.04. The van der Waals surface area contributed by atoms with Crippen LogP contribution in [0.3, 0.4) is 0 Å². The van der Waals surface area contributed by atoms with Crippen LogP contribution in [0.25, 0.3) is 0 Å². The van der Waals surface area contributed by atoms with Crippen molar-refractivity contribution >= 4 is 0 Å². The zero-order valence-electron chi connectivity index (χ0n) is 11.0. The number of nitrogens with one attached hydrogen (secondary N) is 1. The van der Waals surface area contributed by atoms with E-state index in [4.69, 9.17) is 4.74 Å². The second-order valence-corrected chi connectivity index (χ2v) is 4.90. The van der Waals surface area contributed by atoms with Gasteiger partial charge in [0.15, 0.2) is 0 Å².